The van der Waals surface area contributed by atoms with Crippen molar-refractivity contribution in [1.29, 1.82) is 0 Å². The number of nitrogens with zero attached hydrogens (tertiary/aromatic N) is 1. The second-order valence-corrected chi connectivity index (χ2v) is 5.00. The first-order valence-corrected chi connectivity index (χ1v) is 6.45. The van der Waals surface area contributed by atoms with Gasteiger partial charge in [-0.2, -0.15) is 4.98 Å². The quantitative estimate of drug-likeness (QED) is 0.852. The number of anilines is 1. The third kappa shape index (κ3) is 2.14. The van der Waals surface area contributed by atoms with Gasteiger partial charge < -0.3 is 9.73 Å². The molecule has 2 atom stereocenters. The number of hydrogen-bond donors (Lipinski definition) is 1. The number of fused-ring (bicyclic) bond motifs is 1. The fraction of sp³-hybridized carbons (Fsp3) is 0.500. The third-order valence-electron chi connectivity index (χ3n) is 3.71. The summed E-state index contributed by atoms with van der Waals surface area (Å²) in [5.74, 6) is 0.707. The molecular formula is C14H18N2O. The summed E-state index contributed by atoms with van der Waals surface area (Å²) in [4.78, 5) is 4.46. The Morgan fingerprint density at radius 1 is 1.24 bits per heavy atom. The van der Waals surface area contributed by atoms with E-state index in [9.17, 15) is 0 Å². The summed E-state index contributed by atoms with van der Waals surface area (Å²) in [5.41, 5.74) is 1.79. The lowest BCUT2D eigenvalue weighted by Crippen LogP contribution is -2.30. The highest BCUT2D eigenvalue weighted by Crippen LogP contribution is 2.27. The summed E-state index contributed by atoms with van der Waals surface area (Å²) in [5, 5.41) is 3.44. The average Bonchev–Trinajstić information content (AvgIpc) is 2.74. The predicted molar refractivity (Wildman–Crippen MR) is 69.1 cm³/mol. The molecule has 3 rings (SSSR count). The number of aromatic nitrogens is 1. The van der Waals surface area contributed by atoms with Crippen molar-refractivity contribution < 1.29 is 4.42 Å². The summed E-state index contributed by atoms with van der Waals surface area (Å²) in [7, 11) is 0. The van der Waals surface area contributed by atoms with Crippen LogP contribution in [0.5, 0.6) is 0 Å². The van der Waals surface area contributed by atoms with Gasteiger partial charge >= 0.3 is 0 Å². The minimum absolute atomic E-state index is 0.511. The first kappa shape index (κ1) is 10.6. The number of oxazole rings is 1. The molecule has 90 valence electrons. The van der Waals surface area contributed by atoms with Crippen LogP contribution in [0, 0.1) is 5.92 Å². The predicted octanol–water partition coefficient (Wildman–Crippen LogP) is 3.82. The summed E-state index contributed by atoms with van der Waals surface area (Å²) >= 11 is 0. The number of nitrogens with one attached hydrogen (secondary N) is 1. The third-order valence-corrected chi connectivity index (χ3v) is 3.71. The van der Waals surface area contributed by atoms with E-state index in [1.165, 1.54) is 25.7 Å². The Morgan fingerprint density at radius 2 is 2.06 bits per heavy atom. The van der Waals surface area contributed by atoms with Crippen LogP contribution in [-0.2, 0) is 0 Å². The SMILES string of the molecule is C[C@@H]1CCCC[C@H]1Nc1nc2ccccc2o1. The van der Waals surface area contributed by atoms with E-state index in [0.717, 1.165) is 11.1 Å². The Hall–Kier alpha value is -1.51. The molecule has 0 aliphatic heterocycles. The van der Waals surface area contributed by atoms with Crippen LogP contribution < -0.4 is 5.32 Å². The molecular weight excluding hydrogens is 212 g/mol. The van der Waals surface area contributed by atoms with Crippen molar-refractivity contribution in [2.24, 2.45) is 5.92 Å². The van der Waals surface area contributed by atoms with Crippen LogP contribution >= 0.6 is 0 Å². The molecule has 1 aliphatic rings. The van der Waals surface area contributed by atoms with E-state index < -0.39 is 0 Å². The van der Waals surface area contributed by atoms with Crippen molar-refractivity contribution >= 4 is 17.1 Å². The van der Waals surface area contributed by atoms with Gasteiger partial charge in [-0.1, -0.05) is 31.9 Å². The summed E-state index contributed by atoms with van der Waals surface area (Å²) in [6.45, 7) is 2.31. The Morgan fingerprint density at radius 3 is 2.88 bits per heavy atom. The smallest absolute Gasteiger partial charge is 0.295 e. The molecule has 0 radical (unpaired) electrons. The summed E-state index contributed by atoms with van der Waals surface area (Å²) < 4.78 is 5.70. The van der Waals surface area contributed by atoms with Gasteiger partial charge in [0.1, 0.15) is 5.52 Å². The summed E-state index contributed by atoms with van der Waals surface area (Å²) in [6.07, 6.45) is 5.19. The van der Waals surface area contributed by atoms with Gasteiger partial charge in [0.25, 0.3) is 6.01 Å². The van der Waals surface area contributed by atoms with E-state index >= 15 is 0 Å². The van der Waals surface area contributed by atoms with Crippen LogP contribution in [0.25, 0.3) is 11.1 Å². The first-order chi connectivity index (χ1) is 8.33. The molecule has 0 amide bonds. The molecule has 1 aromatic carbocycles. The fourth-order valence-electron chi connectivity index (χ4n) is 2.62. The number of para-hydroxylation sites is 2. The van der Waals surface area contributed by atoms with Crippen LogP contribution in [0.15, 0.2) is 28.7 Å². The molecule has 0 unspecified atom stereocenters. The maximum Gasteiger partial charge on any atom is 0.295 e. The van der Waals surface area contributed by atoms with Crippen LogP contribution in [0.4, 0.5) is 6.01 Å². The van der Waals surface area contributed by atoms with Crippen molar-refractivity contribution in [1.82, 2.24) is 4.98 Å². The zero-order valence-corrected chi connectivity index (χ0v) is 10.1. The number of rotatable bonds is 2. The highest BCUT2D eigenvalue weighted by atomic mass is 16.4. The standard InChI is InChI=1S/C14H18N2O/c1-10-6-2-3-7-11(10)15-14-16-12-8-4-5-9-13(12)17-14/h4-5,8-11H,2-3,6-7H2,1H3,(H,15,16)/t10-,11-/m1/s1. The van der Waals surface area contributed by atoms with Gasteiger partial charge in [0, 0.05) is 6.04 Å². The molecule has 1 aromatic heterocycles. The van der Waals surface area contributed by atoms with Gasteiger partial charge in [-0.3, -0.25) is 0 Å². The molecule has 3 heteroatoms. The van der Waals surface area contributed by atoms with E-state index in [0.29, 0.717) is 18.0 Å². The lowest BCUT2D eigenvalue weighted by molar-refractivity contribution is 0.344. The van der Waals surface area contributed by atoms with Crippen LogP contribution in [0.1, 0.15) is 32.6 Å². The maximum absolute atomic E-state index is 5.70. The minimum atomic E-state index is 0.511. The lowest BCUT2D eigenvalue weighted by Gasteiger charge is -2.28. The highest BCUT2D eigenvalue weighted by molar-refractivity contribution is 5.74. The van der Waals surface area contributed by atoms with Crippen molar-refractivity contribution in [3.63, 3.8) is 0 Å². The zero-order chi connectivity index (χ0) is 11.7. The van der Waals surface area contributed by atoms with Gasteiger partial charge in [0.2, 0.25) is 0 Å². The normalized spacial score (nSPS) is 25.0. The van der Waals surface area contributed by atoms with Gasteiger partial charge in [0.15, 0.2) is 5.58 Å². The second-order valence-electron chi connectivity index (χ2n) is 5.00. The van der Waals surface area contributed by atoms with Gasteiger partial charge in [-0.15, -0.1) is 0 Å². The van der Waals surface area contributed by atoms with Crippen LogP contribution in [0.2, 0.25) is 0 Å². The fourth-order valence-corrected chi connectivity index (χ4v) is 2.62. The molecule has 0 bridgehead atoms. The molecule has 0 saturated heterocycles. The lowest BCUT2D eigenvalue weighted by atomic mass is 9.86. The minimum Gasteiger partial charge on any atom is -0.424 e. The van der Waals surface area contributed by atoms with Crippen molar-refractivity contribution in [3.8, 4) is 0 Å². The van der Waals surface area contributed by atoms with E-state index in [-0.39, 0.29) is 0 Å². The maximum atomic E-state index is 5.70. The van der Waals surface area contributed by atoms with E-state index in [2.05, 4.69) is 17.2 Å². The Labute approximate surface area is 101 Å². The zero-order valence-electron chi connectivity index (χ0n) is 10.1. The Balaban J connectivity index is 1.79. The van der Waals surface area contributed by atoms with Gasteiger partial charge in [-0.05, 0) is 30.9 Å². The molecule has 1 fully saturated rings. The number of benzene rings is 1. The van der Waals surface area contributed by atoms with Crippen molar-refractivity contribution in [2.45, 2.75) is 38.6 Å². The topological polar surface area (TPSA) is 38.1 Å². The van der Waals surface area contributed by atoms with E-state index in [1.807, 2.05) is 24.3 Å². The molecule has 1 heterocycles. The van der Waals surface area contributed by atoms with Gasteiger partial charge in [0.05, 0.1) is 0 Å². The molecule has 3 nitrogen and oxygen atoms in total. The van der Waals surface area contributed by atoms with E-state index in [4.69, 9.17) is 4.42 Å². The molecule has 2 aromatic rings. The monoisotopic (exact) mass is 230 g/mol. The van der Waals surface area contributed by atoms with Crippen molar-refractivity contribution in [2.75, 3.05) is 5.32 Å². The first-order valence-electron chi connectivity index (χ1n) is 6.45. The Kier molecular flexibility index (Phi) is 2.75. The Bertz CT molecular complexity index is 473. The van der Waals surface area contributed by atoms with Crippen LogP contribution in [-0.4, -0.2) is 11.0 Å². The molecule has 1 saturated carbocycles. The average molecular weight is 230 g/mol. The largest absolute Gasteiger partial charge is 0.424 e. The second kappa shape index (κ2) is 4.40. The summed E-state index contributed by atoms with van der Waals surface area (Å²) in [6, 6.07) is 9.08. The molecule has 0 spiro atoms. The molecule has 1 aliphatic carbocycles. The van der Waals surface area contributed by atoms with Crippen molar-refractivity contribution in [3.05, 3.63) is 24.3 Å². The van der Waals surface area contributed by atoms with E-state index in [1.54, 1.807) is 0 Å². The molecule has 1 N–H and O–H groups in total. The molecule has 17 heavy (non-hydrogen) atoms. The van der Waals surface area contributed by atoms with Gasteiger partial charge in [-0.25, -0.2) is 0 Å². The number of hydrogen-bond acceptors (Lipinski definition) is 3. The van der Waals surface area contributed by atoms with Crippen LogP contribution in [0.3, 0.4) is 0 Å². The highest BCUT2D eigenvalue weighted by Gasteiger charge is 2.22.